The molecule has 136 valence electrons. The van der Waals surface area contributed by atoms with Crippen molar-refractivity contribution in [2.24, 2.45) is 0 Å². The first-order valence-electron chi connectivity index (χ1n) is 8.08. The van der Waals surface area contributed by atoms with E-state index in [9.17, 15) is 0 Å². The Hall–Kier alpha value is -3.29. The summed E-state index contributed by atoms with van der Waals surface area (Å²) in [7, 11) is 3.23. The van der Waals surface area contributed by atoms with Crippen LogP contribution in [0.3, 0.4) is 0 Å². The predicted molar refractivity (Wildman–Crippen MR) is 98.2 cm³/mol. The van der Waals surface area contributed by atoms with Crippen molar-refractivity contribution >= 4 is 17.5 Å². The van der Waals surface area contributed by atoms with Crippen LogP contribution in [0.15, 0.2) is 34.9 Å². The Kier molecular flexibility index (Phi) is 5.21. The first-order chi connectivity index (χ1) is 12.6. The van der Waals surface area contributed by atoms with E-state index in [4.69, 9.17) is 14.0 Å². The lowest BCUT2D eigenvalue weighted by atomic mass is 10.2. The third-order valence-electron chi connectivity index (χ3n) is 3.64. The lowest BCUT2D eigenvalue weighted by Crippen LogP contribution is -2.05. The zero-order valence-corrected chi connectivity index (χ0v) is 15.2. The fourth-order valence-electron chi connectivity index (χ4n) is 2.46. The zero-order chi connectivity index (χ0) is 18.5. The molecule has 3 aromatic rings. The molecule has 8 nitrogen and oxygen atoms in total. The fraction of sp³-hybridized carbons (Fsp3) is 0.278. The van der Waals surface area contributed by atoms with E-state index in [0.29, 0.717) is 41.3 Å². The second-order valence-corrected chi connectivity index (χ2v) is 5.68. The molecule has 0 saturated heterocycles. The number of aromatic nitrogens is 3. The van der Waals surface area contributed by atoms with Crippen LogP contribution in [0.5, 0.6) is 11.5 Å². The van der Waals surface area contributed by atoms with Gasteiger partial charge in [0, 0.05) is 18.7 Å². The van der Waals surface area contributed by atoms with Crippen LogP contribution in [-0.4, -0.2) is 29.3 Å². The van der Waals surface area contributed by atoms with Crippen LogP contribution in [0, 0.1) is 13.8 Å². The Morgan fingerprint density at radius 2 is 1.69 bits per heavy atom. The minimum Gasteiger partial charge on any atom is -0.493 e. The first-order valence-corrected chi connectivity index (χ1v) is 8.08. The number of nitrogens with one attached hydrogen (secondary N) is 2. The summed E-state index contributed by atoms with van der Waals surface area (Å²) < 4.78 is 15.6. The Morgan fingerprint density at radius 1 is 0.923 bits per heavy atom. The molecule has 0 saturated carbocycles. The lowest BCUT2D eigenvalue weighted by molar-refractivity contribution is 0.354. The van der Waals surface area contributed by atoms with Crippen molar-refractivity contribution in [3.8, 4) is 11.5 Å². The van der Waals surface area contributed by atoms with Gasteiger partial charge in [-0.05, 0) is 31.5 Å². The van der Waals surface area contributed by atoms with Gasteiger partial charge in [0.15, 0.2) is 17.3 Å². The van der Waals surface area contributed by atoms with E-state index in [1.165, 1.54) is 0 Å². The summed E-state index contributed by atoms with van der Waals surface area (Å²) in [6.07, 6.45) is 0. The van der Waals surface area contributed by atoms with Crippen LogP contribution >= 0.6 is 0 Å². The smallest absolute Gasteiger partial charge is 0.175 e. The van der Waals surface area contributed by atoms with Crippen LogP contribution in [0.4, 0.5) is 17.5 Å². The highest BCUT2D eigenvalue weighted by Crippen LogP contribution is 2.28. The second kappa shape index (κ2) is 7.73. The van der Waals surface area contributed by atoms with Crippen molar-refractivity contribution < 1.29 is 14.0 Å². The highest BCUT2D eigenvalue weighted by molar-refractivity contribution is 5.56. The van der Waals surface area contributed by atoms with Gasteiger partial charge >= 0.3 is 0 Å². The summed E-state index contributed by atoms with van der Waals surface area (Å²) in [4.78, 5) is 8.77. The Bertz CT molecular complexity index is 894. The van der Waals surface area contributed by atoms with Gasteiger partial charge in [0.1, 0.15) is 23.2 Å². The van der Waals surface area contributed by atoms with Gasteiger partial charge in [0.05, 0.1) is 14.2 Å². The highest BCUT2D eigenvalue weighted by atomic mass is 16.5. The van der Waals surface area contributed by atoms with Gasteiger partial charge in [-0.1, -0.05) is 11.2 Å². The average molecular weight is 355 g/mol. The van der Waals surface area contributed by atoms with E-state index in [1.54, 1.807) is 20.3 Å². The van der Waals surface area contributed by atoms with E-state index in [1.807, 2.05) is 38.1 Å². The molecule has 0 atom stereocenters. The standard InChI is InChI=1S/C18H21N5O3/c1-11-7-18(23-26-11)22-17-9-16(20-12(2)21-17)19-10-13-5-6-14(24-3)15(8-13)25-4/h5-9H,10H2,1-4H3,(H2,19,20,21,22,23). The zero-order valence-electron chi connectivity index (χ0n) is 15.2. The van der Waals surface area contributed by atoms with Gasteiger partial charge in [-0.25, -0.2) is 9.97 Å². The van der Waals surface area contributed by atoms with Crippen molar-refractivity contribution in [2.75, 3.05) is 24.9 Å². The second-order valence-electron chi connectivity index (χ2n) is 5.68. The summed E-state index contributed by atoms with van der Waals surface area (Å²) in [6, 6.07) is 9.39. The van der Waals surface area contributed by atoms with Crippen molar-refractivity contribution in [2.45, 2.75) is 20.4 Å². The van der Waals surface area contributed by atoms with Gasteiger partial charge < -0.3 is 24.6 Å². The molecule has 0 amide bonds. The van der Waals surface area contributed by atoms with E-state index >= 15 is 0 Å². The van der Waals surface area contributed by atoms with Crippen molar-refractivity contribution in [1.82, 2.24) is 15.1 Å². The van der Waals surface area contributed by atoms with Crippen LogP contribution in [-0.2, 0) is 6.54 Å². The third kappa shape index (κ3) is 4.21. The van der Waals surface area contributed by atoms with Crippen molar-refractivity contribution in [3.63, 3.8) is 0 Å². The molecule has 26 heavy (non-hydrogen) atoms. The monoisotopic (exact) mass is 355 g/mol. The quantitative estimate of drug-likeness (QED) is 0.665. The Morgan fingerprint density at radius 3 is 2.38 bits per heavy atom. The molecule has 0 unspecified atom stereocenters. The summed E-state index contributed by atoms with van der Waals surface area (Å²) in [5.74, 6) is 4.70. The SMILES string of the molecule is COc1ccc(CNc2cc(Nc3cc(C)on3)nc(C)n2)cc1OC. The maximum absolute atomic E-state index is 5.33. The molecular weight excluding hydrogens is 334 g/mol. The van der Waals surface area contributed by atoms with E-state index in [0.717, 1.165) is 11.3 Å². The van der Waals surface area contributed by atoms with Crippen molar-refractivity contribution in [1.29, 1.82) is 0 Å². The molecule has 0 bridgehead atoms. The number of aryl methyl sites for hydroxylation is 2. The number of hydrogen-bond donors (Lipinski definition) is 2. The van der Waals surface area contributed by atoms with Crippen LogP contribution < -0.4 is 20.1 Å². The average Bonchev–Trinajstić information content (AvgIpc) is 3.04. The molecule has 8 heteroatoms. The minimum absolute atomic E-state index is 0.583. The summed E-state index contributed by atoms with van der Waals surface area (Å²) >= 11 is 0. The van der Waals surface area contributed by atoms with Gasteiger partial charge in [-0.2, -0.15) is 0 Å². The van der Waals surface area contributed by atoms with Crippen molar-refractivity contribution in [3.05, 3.63) is 47.5 Å². The van der Waals surface area contributed by atoms with Gasteiger partial charge in [-0.3, -0.25) is 0 Å². The molecule has 0 aliphatic carbocycles. The van der Waals surface area contributed by atoms with Crippen LogP contribution in [0.1, 0.15) is 17.1 Å². The third-order valence-corrected chi connectivity index (χ3v) is 3.64. The molecule has 0 radical (unpaired) electrons. The molecule has 0 fully saturated rings. The molecule has 2 N–H and O–H groups in total. The van der Waals surface area contributed by atoms with Crippen LogP contribution in [0.25, 0.3) is 0 Å². The highest BCUT2D eigenvalue weighted by Gasteiger charge is 2.07. The van der Waals surface area contributed by atoms with E-state index < -0.39 is 0 Å². The number of benzene rings is 1. The summed E-state index contributed by atoms with van der Waals surface area (Å²) in [5, 5.41) is 10.3. The number of rotatable bonds is 7. The number of methoxy groups -OCH3 is 2. The Balaban J connectivity index is 1.71. The van der Waals surface area contributed by atoms with E-state index in [-0.39, 0.29) is 0 Å². The number of nitrogens with zero attached hydrogens (tertiary/aromatic N) is 3. The minimum atomic E-state index is 0.583. The first kappa shape index (κ1) is 17.5. The largest absolute Gasteiger partial charge is 0.493 e. The molecule has 3 rings (SSSR count). The van der Waals surface area contributed by atoms with Gasteiger partial charge in [0.2, 0.25) is 0 Å². The molecule has 0 aliphatic rings. The molecule has 2 heterocycles. The summed E-state index contributed by atoms with van der Waals surface area (Å²) in [6.45, 7) is 4.25. The lowest BCUT2D eigenvalue weighted by Gasteiger charge is -2.11. The number of anilines is 3. The van der Waals surface area contributed by atoms with Gasteiger partial charge in [0.25, 0.3) is 0 Å². The fourth-order valence-corrected chi connectivity index (χ4v) is 2.46. The normalized spacial score (nSPS) is 10.5. The molecule has 0 spiro atoms. The maximum atomic E-state index is 5.33. The Labute approximate surface area is 151 Å². The van der Waals surface area contributed by atoms with Crippen LogP contribution in [0.2, 0.25) is 0 Å². The maximum Gasteiger partial charge on any atom is 0.175 e. The topological polar surface area (TPSA) is 94.3 Å². The molecular formula is C18H21N5O3. The molecule has 1 aromatic carbocycles. The van der Waals surface area contributed by atoms with Gasteiger partial charge in [-0.15, -0.1) is 0 Å². The number of hydrogen-bond acceptors (Lipinski definition) is 8. The summed E-state index contributed by atoms with van der Waals surface area (Å²) in [5.41, 5.74) is 1.04. The molecule has 0 aliphatic heterocycles. The molecule has 2 aromatic heterocycles. The van der Waals surface area contributed by atoms with E-state index in [2.05, 4.69) is 25.8 Å². The number of ether oxygens (including phenoxy) is 2. The predicted octanol–water partition coefficient (Wildman–Crippen LogP) is 3.45.